The molecule has 1 aromatic carbocycles. The molecule has 3 rings (SSSR count). The summed E-state index contributed by atoms with van der Waals surface area (Å²) in [4.78, 5) is 10.8. The van der Waals surface area contributed by atoms with Gasteiger partial charge in [0.1, 0.15) is 0 Å². The van der Waals surface area contributed by atoms with Gasteiger partial charge in [-0.1, -0.05) is 6.42 Å². The van der Waals surface area contributed by atoms with Gasteiger partial charge in [-0.15, -0.1) is 0 Å². The Balaban J connectivity index is 1.65. The van der Waals surface area contributed by atoms with Crippen molar-refractivity contribution in [2.24, 2.45) is 5.41 Å². The molecule has 2 fully saturated rings. The van der Waals surface area contributed by atoms with Crippen LogP contribution in [0.1, 0.15) is 43.0 Å². The number of rotatable bonds is 5. The zero-order chi connectivity index (χ0) is 14.2. The van der Waals surface area contributed by atoms with Crippen molar-refractivity contribution in [3.63, 3.8) is 0 Å². The highest BCUT2D eigenvalue weighted by Crippen LogP contribution is 2.58. The van der Waals surface area contributed by atoms with Crippen molar-refractivity contribution < 1.29 is 14.6 Å². The molecule has 108 valence electrons. The van der Waals surface area contributed by atoms with Crippen LogP contribution in [0.15, 0.2) is 24.3 Å². The third kappa shape index (κ3) is 2.08. The van der Waals surface area contributed by atoms with Gasteiger partial charge in [0.25, 0.3) is 0 Å². The van der Waals surface area contributed by atoms with Crippen LogP contribution in [0.5, 0.6) is 0 Å². The highest BCUT2D eigenvalue weighted by atomic mass is 16.5. The lowest BCUT2D eigenvalue weighted by molar-refractivity contribution is -0.157. The van der Waals surface area contributed by atoms with E-state index in [0.29, 0.717) is 23.1 Å². The first-order chi connectivity index (χ1) is 9.65. The number of carbonyl (C=O) groups is 1. The average molecular weight is 275 g/mol. The fourth-order valence-corrected chi connectivity index (χ4v) is 3.55. The van der Waals surface area contributed by atoms with Crippen LogP contribution in [0.4, 0.5) is 5.69 Å². The molecule has 0 saturated heterocycles. The minimum Gasteiger partial charge on any atom is -0.478 e. The Hall–Kier alpha value is -1.55. The van der Waals surface area contributed by atoms with Gasteiger partial charge in [-0.2, -0.15) is 0 Å². The molecule has 0 amide bonds. The van der Waals surface area contributed by atoms with Crippen LogP contribution in [0.3, 0.4) is 0 Å². The molecule has 0 heterocycles. The Bertz CT molecular complexity index is 493. The average Bonchev–Trinajstić information content (AvgIpc) is 2.36. The predicted molar refractivity (Wildman–Crippen MR) is 77.1 cm³/mol. The molecule has 0 bridgehead atoms. The van der Waals surface area contributed by atoms with E-state index >= 15 is 0 Å². The molecule has 2 N–H and O–H groups in total. The van der Waals surface area contributed by atoms with Crippen LogP contribution in [-0.2, 0) is 4.74 Å². The summed E-state index contributed by atoms with van der Waals surface area (Å²) in [5.41, 5.74) is 1.65. The summed E-state index contributed by atoms with van der Waals surface area (Å²) in [5, 5.41) is 12.5. The normalized spacial score (nSPS) is 26.6. The number of benzene rings is 1. The Kier molecular flexibility index (Phi) is 3.42. The molecule has 4 heteroatoms. The van der Waals surface area contributed by atoms with Gasteiger partial charge in [0.05, 0.1) is 11.7 Å². The van der Waals surface area contributed by atoms with Crippen LogP contribution in [0.25, 0.3) is 0 Å². The molecule has 1 spiro atoms. The molecule has 1 aromatic rings. The summed E-state index contributed by atoms with van der Waals surface area (Å²) in [6, 6.07) is 7.46. The van der Waals surface area contributed by atoms with Gasteiger partial charge in [0, 0.05) is 23.8 Å². The summed E-state index contributed by atoms with van der Waals surface area (Å²) in [5.74, 6) is -0.882. The fourth-order valence-electron chi connectivity index (χ4n) is 3.55. The molecule has 2 aliphatic rings. The van der Waals surface area contributed by atoms with Crippen molar-refractivity contribution in [2.45, 2.75) is 44.8 Å². The zero-order valence-corrected chi connectivity index (χ0v) is 11.8. The SMILES string of the molecule is CCOC1CC(Nc2ccc(C(=O)O)cc2)C12CCC2. The molecule has 0 aromatic heterocycles. The molecule has 2 saturated carbocycles. The fraction of sp³-hybridized carbons (Fsp3) is 0.562. The molecule has 20 heavy (non-hydrogen) atoms. The Labute approximate surface area is 119 Å². The molecule has 2 unspecified atom stereocenters. The van der Waals surface area contributed by atoms with Crippen molar-refractivity contribution in [3.8, 4) is 0 Å². The standard InChI is InChI=1S/C16H21NO3/c1-2-20-14-10-13(16(14)8-3-9-16)17-12-6-4-11(5-7-12)15(18)19/h4-7,13-14,17H,2-3,8-10H2,1H3,(H,18,19). The van der Waals surface area contributed by atoms with Crippen LogP contribution in [0, 0.1) is 5.41 Å². The molecular formula is C16H21NO3. The number of anilines is 1. The highest BCUT2D eigenvalue weighted by molar-refractivity contribution is 5.88. The van der Waals surface area contributed by atoms with Gasteiger partial charge in [-0.25, -0.2) is 4.79 Å². The quantitative estimate of drug-likeness (QED) is 0.866. The van der Waals surface area contributed by atoms with Gasteiger partial charge in [0.2, 0.25) is 0 Å². The maximum absolute atomic E-state index is 10.8. The van der Waals surface area contributed by atoms with Crippen LogP contribution in [0.2, 0.25) is 0 Å². The minimum atomic E-state index is -0.882. The van der Waals surface area contributed by atoms with Gasteiger partial charge >= 0.3 is 5.97 Å². The largest absolute Gasteiger partial charge is 0.478 e. The lowest BCUT2D eigenvalue weighted by Gasteiger charge is -2.61. The molecule has 0 radical (unpaired) electrons. The molecular weight excluding hydrogens is 254 g/mol. The van der Waals surface area contributed by atoms with Crippen LogP contribution >= 0.6 is 0 Å². The zero-order valence-electron chi connectivity index (χ0n) is 11.8. The Morgan fingerprint density at radius 2 is 2.10 bits per heavy atom. The summed E-state index contributed by atoms with van der Waals surface area (Å²) in [7, 11) is 0. The van der Waals surface area contributed by atoms with Crippen LogP contribution in [-0.4, -0.2) is 29.8 Å². The smallest absolute Gasteiger partial charge is 0.335 e. The number of hydrogen-bond donors (Lipinski definition) is 2. The maximum atomic E-state index is 10.8. The summed E-state index contributed by atoms with van der Waals surface area (Å²) < 4.78 is 5.84. The second-order valence-electron chi connectivity index (χ2n) is 5.85. The van der Waals surface area contributed by atoms with Crippen molar-refractivity contribution in [2.75, 3.05) is 11.9 Å². The third-order valence-electron chi connectivity index (χ3n) is 4.91. The van der Waals surface area contributed by atoms with Gasteiger partial charge in [0.15, 0.2) is 0 Å². The number of aromatic carboxylic acids is 1. The number of ether oxygens (including phenoxy) is 1. The molecule has 4 nitrogen and oxygen atoms in total. The summed E-state index contributed by atoms with van der Waals surface area (Å²) in [6.07, 6.45) is 5.22. The van der Waals surface area contributed by atoms with E-state index in [-0.39, 0.29) is 0 Å². The van der Waals surface area contributed by atoms with E-state index in [1.807, 2.05) is 12.1 Å². The van der Waals surface area contributed by atoms with Crippen molar-refractivity contribution in [3.05, 3.63) is 29.8 Å². The number of carboxylic acid groups (broad SMARTS) is 1. The molecule has 2 aliphatic carbocycles. The Morgan fingerprint density at radius 3 is 2.60 bits per heavy atom. The van der Waals surface area contributed by atoms with E-state index in [0.717, 1.165) is 18.7 Å². The Morgan fingerprint density at radius 1 is 1.40 bits per heavy atom. The monoisotopic (exact) mass is 275 g/mol. The van der Waals surface area contributed by atoms with E-state index in [1.165, 1.54) is 19.3 Å². The van der Waals surface area contributed by atoms with E-state index in [1.54, 1.807) is 12.1 Å². The van der Waals surface area contributed by atoms with Gasteiger partial charge in [-0.3, -0.25) is 0 Å². The first-order valence-electron chi connectivity index (χ1n) is 7.37. The van der Waals surface area contributed by atoms with E-state index < -0.39 is 5.97 Å². The van der Waals surface area contributed by atoms with Gasteiger partial charge < -0.3 is 15.2 Å². The summed E-state index contributed by atoms with van der Waals surface area (Å²) >= 11 is 0. The van der Waals surface area contributed by atoms with Crippen molar-refractivity contribution >= 4 is 11.7 Å². The van der Waals surface area contributed by atoms with E-state index in [2.05, 4.69) is 12.2 Å². The van der Waals surface area contributed by atoms with Crippen LogP contribution < -0.4 is 5.32 Å². The number of carboxylic acids is 1. The lowest BCUT2D eigenvalue weighted by Crippen LogP contribution is -2.64. The second kappa shape index (κ2) is 5.09. The second-order valence-corrected chi connectivity index (χ2v) is 5.85. The van der Waals surface area contributed by atoms with Crippen molar-refractivity contribution in [1.29, 1.82) is 0 Å². The van der Waals surface area contributed by atoms with E-state index in [4.69, 9.17) is 9.84 Å². The van der Waals surface area contributed by atoms with Crippen molar-refractivity contribution in [1.82, 2.24) is 0 Å². The highest BCUT2D eigenvalue weighted by Gasteiger charge is 2.58. The topological polar surface area (TPSA) is 58.6 Å². The predicted octanol–water partition coefficient (Wildman–Crippen LogP) is 3.14. The number of nitrogens with one attached hydrogen (secondary N) is 1. The third-order valence-corrected chi connectivity index (χ3v) is 4.91. The maximum Gasteiger partial charge on any atom is 0.335 e. The lowest BCUT2D eigenvalue weighted by atomic mass is 9.51. The van der Waals surface area contributed by atoms with Gasteiger partial charge in [-0.05, 0) is 50.5 Å². The number of hydrogen-bond acceptors (Lipinski definition) is 3. The molecule has 2 atom stereocenters. The minimum absolute atomic E-state index is 0.321. The first kappa shape index (κ1) is 13.4. The molecule has 0 aliphatic heterocycles. The first-order valence-corrected chi connectivity index (χ1v) is 7.37. The van der Waals surface area contributed by atoms with E-state index in [9.17, 15) is 4.79 Å². The summed E-state index contributed by atoms with van der Waals surface area (Å²) in [6.45, 7) is 2.84.